The summed E-state index contributed by atoms with van der Waals surface area (Å²) in [7, 11) is 0. The van der Waals surface area contributed by atoms with E-state index >= 15 is 0 Å². The number of nitro groups is 1. The first kappa shape index (κ1) is 19.7. The fraction of sp³-hybridized carbons (Fsp3) is 0.182. The molecule has 0 N–H and O–H groups in total. The molecule has 0 fully saturated rings. The fourth-order valence-corrected chi connectivity index (χ4v) is 5.65. The molecule has 2 heterocycles. The lowest BCUT2D eigenvalue weighted by molar-refractivity contribution is -0.384. The molecule has 4 aromatic rings. The van der Waals surface area contributed by atoms with E-state index in [0.717, 1.165) is 35.3 Å². The molecule has 0 amide bonds. The molecule has 1 aliphatic rings. The van der Waals surface area contributed by atoms with Crippen LogP contribution in [0.5, 0.6) is 0 Å². The molecular weight excluding hydrogens is 438 g/mol. The summed E-state index contributed by atoms with van der Waals surface area (Å²) in [4.78, 5) is 39.2. The Balaban J connectivity index is 1.76. The lowest BCUT2D eigenvalue weighted by Gasteiger charge is -2.13. The smallest absolute Gasteiger partial charge is 0.280 e. The Morgan fingerprint density at radius 2 is 1.87 bits per heavy atom. The Hall–Kier alpha value is -3.23. The van der Waals surface area contributed by atoms with Gasteiger partial charge in [0.2, 0.25) is 0 Å². The SMILES string of the molecule is O=c1c2c3c(sc2n(Cc2ccc([N+](=O)[O-])cc2)c(=O)n1-c1cccc(Cl)c1)CCC3. The van der Waals surface area contributed by atoms with Crippen molar-refractivity contribution in [2.75, 3.05) is 0 Å². The number of rotatable bonds is 4. The van der Waals surface area contributed by atoms with Crippen LogP contribution in [0, 0.1) is 10.1 Å². The average molecular weight is 454 g/mol. The Labute approximate surface area is 184 Å². The van der Waals surface area contributed by atoms with E-state index in [1.807, 2.05) is 0 Å². The minimum Gasteiger partial charge on any atom is -0.280 e. The van der Waals surface area contributed by atoms with Crippen LogP contribution in [-0.2, 0) is 19.4 Å². The van der Waals surface area contributed by atoms with Crippen LogP contribution in [0.1, 0.15) is 22.4 Å². The minimum absolute atomic E-state index is 0.0137. The normalized spacial score (nSPS) is 12.9. The highest BCUT2D eigenvalue weighted by Crippen LogP contribution is 2.35. The molecule has 7 nitrogen and oxygen atoms in total. The molecule has 0 unspecified atom stereocenters. The van der Waals surface area contributed by atoms with Crippen LogP contribution >= 0.6 is 22.9 Å². The van der Waals surface area contributed by atoms with Gasteiger partial charge in [0.1, 0.15) is 4.83 Å². The van der Waals surface area contributed by atoms with E-state index in [-0.39, 0.29) is 17.8 Å². The molecule has 0 radical (unpaired) electrons. The van der Waals surface area contributed by atoms with E-state index in [9.17, 15) is 19.7 Å². The molecule has 0 spiro atoms. The van der Waals surface area contributed by atoms with Crippen LogP contribution in [-0.4, -0.2) is 14.1 Å². The zero-order valence-electron chi connectivity index (χ0n) is 16.2. The topological polar surface area (TPSA) is 87.1 Å². The van der Waals surface area contributed by atoms with Crippen molar-refractivity contribution in [2.45, 2.75) is 25.8 Å². The predicted molar refractivity (Wildman–Crippen MR) is 121 cm³/mol. The van der Waals surface area contributed by atoms with Crippen LogP contribution in [0.15, 0.2) is 58.1 Å². The van der Waals surface area contributed by atoms with Gasteiger partial charge in [0.05, 0.1) is 22.5 Å². The third-order valence-corrected chi connectivity index (χ3v) is 7.09. The molecule has 2 aromatic carbocycles. The highest BCUT2D eigenvalue weighted by molar-refractivity contribution is 7.18. The first-order valence-corrected chi connectivity index (χ1v) is 10.9. The van der Waals surface area contributed by atoms with Crippen LogP contribution in [0.25, 0.3) is 15.9 Å². The second-order valence-corrected chi connectivity index (χ2v) is 8.97. The molecule has 1 aliphatic carbocycles. The largest absolute Gasteiger partial charge is 0.337 e. The van der Waals surface area contributed by atoms with Gasteiger partial charge in [-0.1, -0.05) is 29.8 Å². The minimum atomic E-state index is -0.461. The Morgan fingerprint density at radius 3 is 2.58 bits per heavy atom. The summed E-state index contributed by atoms with van der Waals surface area (Å²) < 4.78 is 2.76. The summed E-state index contributed by atoms with van der Waals surface area (Å²) in [5, 5.41) is 12.0. The first-order valence-electron chi connectivity index (χ1n) is 9.73. The van der Waals surface area contributed by atoms with Gasteiger partial charge < -0.3 is 0 Å². The maximum absolute atomic E-state index is 13.5. The molecule has 0 saturated heterocycles. The van der Waals surface area contributed by atoms with Crippen molar-refractivity contribution in [1.82, 2.24) is 9.13 Å². The van der Waals surface area contributed by atoms with Gasteiger partial charge in [0.25, 0.3) is 11.2 Å². The molecule has 5 rings (SSSR count). The number of hydrogen-bond acceptors (Lipinski definition) is 5. The molecule has 0 saturated carbocycles. The molecule has 0 aliphatic heterocycles. The number of fused-ring (bicyclic) bond motifs is 3. The standard InChI is InChI=1S/C22H16ClN3O4S/c23-14-3-1-4-16(11-14)25-20(27)19-17-5-2-6-18(17)31-21(19)24(22(25)28)12-13-7-9-15(10-8-13)26(29)30/h1,3-4,7-11H,2,5-6,12H2. The van der Waals surface area contributed by atoms with E-state index in [2.05, 4.69) is 0 Å². The Kier molecular flexibility index (Phi) is 4.75. The van der Waals surface area contributed by atoms with Crippen molar-refractivity contribution < 1.29 is 4.92 Å². The molecule has 156 valence electrons. The van der Waals surface area contributed by atoms with E-state index < -0.39 is 10.6 Å². The third-order valence-electron chi connectivity index (χ3n) is 5.54. The van der Waals surface area contributed by atoms with Crippen molar-refractivity contribution in [3.63, 3.8) is 0 Å². The van der Waals surface area contributed by atoms with E-state index in [1.165, 1.54) is 28.0 Å². The second-order valence-electron chi connectivity index (χ2n) is 7.45. The number of nitro benzene ring substituents is 1. The summed E-state index contributed by atoms with van der Waals surface area (Å²) in [5.74, 6) is 0. The number of thiophene rings is 1. The summed E-state index contributed by atoms with van der Waals surface area (Å²) in [6, 6.07) is 12.8. The number of aryl methyl sites for hydroxylation is 2. The highest BCUT2D eigenvalue weighted by Gasteiger charge is 2.25. The number of non-ortho nitro benzene ring substituents is 1. The molecule has 2 aromatic heterocycles. The van der Waals surface area contributed by atoms with Gasteiger partial charge in [0, 0.05) is 22.0 Å². The summed E-state index contributed by atoms with van der Waals surface area (Å²) in [6.07, 6.45) is 2.71. The summed E-state index contributed by atoms with van der Waals surface area (Å²) in [6.45, 7) is 0.202. The van der Waals surface area contributed by atoms with Crippen LogP contribution in [0.4, 0.5) is 5.69 Å². The first-order chi connectivity index (χ1) is 14.9. The van der Waals surface area contributed by atoms with Gasteiger partial charge in [0.15, 0.2) is 0 Å². The second kappa shape index (κ2) is 7.47. The van der Waals surface area contributed by atoms with Crippen LogP contribution < -0.4 is 11.2 Å². The number of nitrogens with zero attached hydrogens (tertiary/aromatic N) is 3. The maximum Gasteiger partial charge on any atom is 0.337 e. The molecule has 0 bridgehead atoms. The number of aromatic nitrogens is 2. The predicted octanol–water partition coefficient (Wildman–Crippen LogP) is 4.31. The highest BCUT2D eigenvalue weighted by atomic mass is 35.5. The van der Waals surface area contributed by atoms with Crippen molar-refractivity contribution >= 4 is 38.8 Å². The van der Waals surface area contributed by atoms with Crippen molar-refractivity contribution in [1.29, 1.82) is 0 Å². The van der Waals surface area contributed by atoms with Crippen LogP contribution in [0.3, 0.4) is 0 Å². The summed E-state index contributed by atoms with van der Waals surface area (Å²) >= 11 is 7.61. The van der Waals surface area contributed by atoms with Gasteiger partial charge in [-0.05, 0) is 48.6 Å². The zero-order chi connectivity index (χ0) is 21.7. The Morgan fingerprint density at radius 1 is 1.10 bits per heavy atom. The molecule has 9 heteroatoms. The van der Waals surface area contributed by atoms with Crippen molar-refractivity contribution in [3.8, 4) is 5.69 Å². The molecule has 31 heavy (non-hydrogen) atoms. The van der Waals surface area contributed by atoms with Crippen LogP contribution in [0.2, 0.25) is 5.02 Å². The maximum atomic E-state index is 13.5. The lowest BCUT2D eigenvalue weighted by atomic mass is 10.2. The monoisotopic (exact) mass is 453 g/mol. The van der Waals surface area contributed by atoms with Gasteiger partial charge in [-0.3, -0.25) is 19.5 Å². The zero-order valence-corrected chi connectivity index (χ0v) is 17.8. The van der Waals surface area contributed by atoms with Gasteiger partial charge in [-0.25, -0.2) is 9.36 Å². The van der Waals surface area contributed by atoms with Gasteiger partial charge in [-0.15, -0.1) is 11.3 Å². The lowest BCUT2D eigenvalue weighted by Crippen LogP contribution is -2.39. The Bertz CT molecular complexity index is 1470. The van der Waals surface area contributed by atoms with Crippen molar-refractivity contribution in [2.24, 2.45) is 0 Å². The summed E-state index contributed by atoms with van der Waals surface area (Å²) in [5.41, 5.74) is 1.37. The third kappa shape index (κ3) is 3.28. The quantitative estimate of drug-likeness (QED) is 0.340. The van der Waals surface area contributed by atoms with E-state index in [0.29, 0.717) is 20.9 Å². The van der Waals surface area contributed by atoms with Gasteiger partial charge >= 0.3 is 5.69 Å². The number of halogens is 1. The van der Waals surface area contributed by atoms with E-state index in [4.69, 9.17) is 11.6 Å². The number of benzene rings is 2. The van der Waals surface area contributed by atoms with Gasteiger partial charge in [-0.2, -0.15) is 0 Å². The molecular formula is C22H16ClN3O4S. The fourth-order valence-electron chi connectivity index (χ4n) is 4.09. The molecule has 0 atom stereocenters. The number of hydrogen-bond donors (Lipinski definition) is 0. The average Bonchev–Trinajstić information content (AvgIpc) is 3.33. The van der Waals surface area contributed by atoms with E-state index in [1.54, 1.807) is 41.0 Å². The van der Waals surface area contributed by atoms with Crippen molar-refractivity contribution in [3.05, 3.63) is 101 Å².